The summed E-state index contributed by atoms with van der Waals surface area (Å²) in [4.78, 5) is 4.34. The van der Waals surface area contributed by atoms with E-state index < -0.39 is 0 Å². The normalized spacial score (nSPS) is 13.6. The maximum absolute atomic E-state index is 5.28. The van der Waals surface area contributed by atoms with Gasteiger partial charge >= 0.3 is 0 Å². The van der Waals surface area contributed by atoms with E-state index in [0.717, 1.165) is 29.5 Å². The van der Waals surface area contributed by atoms with Crippen LogP contribution in [0.3, 0.4) is 0 Å². The number of hydrogen-bond donors (Lipinski definition) is 0. The fourth-order valence-corrected chi connectivity index (χ4v) is 2.33. The molecule has 0 aromatic heterocycles. The Morgan fingerprint density at radius 2 is 1.24 bits per heavy atom. The molecular formula is C17H18N2O2. The maximum Gasteiger partial charge on any atom is 0.120 e. The van der Waals surface area contributed by atoms with Crippen LogP contribution in [-0.4, -0.2) is 20.9 Å². The first-order valence-electron chi connectivity index (χ1n) is 6.80. The van der Waals surface area contributed by atoms with Crippen molar-refractivity contribution >= 4 is 11.4 Å². The van der Waals surface area contributed by atoms with Gasteiger partial charge in [-0.1, -0.05) is 12.1 Å². The van der Waals surface area contributed by atoms with Gasteiger partial charge in [-0.25, -0.2) is 0 Å². The Morgan fingerprint density at radius 1 is 0.762 bits per heavy atom. The number of ether oxygens (including phenoxy) is 2. The van der Waals surface area contributed by atoms with Crippen molar-refractivity contribution in [2.24, 2.45) is 0 Å². The molecule has 4 heteroatoms. The maximum atomic E-state index is 5.28. The smallest absolute Gasteiger partial charge is 0.120 e. The van der Waals surface area contributed by atoms with Crippen LogP contribution < -0.4 is 19.3 Å². The molecular weight excluding hydrogens is 264 g/mol. The van der Waals surface area contributed by atoms with Gasteiger partial charge in [0, 0.05) is 35.9 Å². The Labute approximate surface area is 124 Å². The number of hydrogen-bond acceptors (Lipinski definition) is 4. The second-order valence-electron chi connectivity index (χ2n) is 4.78. The quantitative estimate of drug-likeness (QED) is 0.857. The first kappa shape index (κ1) is 13.4. The van der Waals surface area contributed by atoms with Crippen LogP contribution in [-0.2, 0) is 0 Å². The Bertz CT molecular complexity index is 599. The molecule has 3 rings (SSSR count). The largest absolute Gasteiger partial charge is 0.497 e. The van der Waals surface area contributed by atoms with Gasteiger partial charge in [0.1, 0.15) is 11.5 Å². The lowest BCUT2D eigenvalue weighted by Crippen LogP contribution is -2.24. The van der Waals surface area contributed by atoms with Crippen LogP contribution in [0, 0.1) is 0 Å². The molecule has 0 amide bonds. The minimum absolute atomic E-state index is 0.764. The highest BCUT2D eigenvalue weighted by Crippen LogP contribution is 2.28. The Balaban J connectivity index is 1.77. The van der Waals surface area contributed by atoms with Gasteiger partial charge in [0.05, 0.1) is 20.9 Å². The summed E-state index contributed by atoms with van der Waals surface area (Å²) in [5, 5.41) is 0. The van der Waals surface area contributed by atoms with Crippen molar-refractivity contribution in [2.75, 3.05) is 30.7 Å². The zero-order chi connectivity index (χ0) is 14.7. The summed E-state index contributed by atoms with van der Waals surface area (Å²) in [5.74, 6) is 1.72. The lowest BCUT2D eigenvalue weighted by Gasteiger charge is -2.22. The van der Waals surface area contributed by atoms with Crippen LogP contribution in [0.15, 0.2) is 60.9 Å². The molecule has 21 heavy (non-hydrogen) atoms. The van der Waals surface area contributed by atoms with E-state index in [1.165, 1.54) is 0 Å². The summed E-state index contributed by atoms with van der Waals surface area (Å²) in [5.41, 5.74) is 2.21. The predicted octanol–water partition coefficient (Wildman–Crippen LogP) is 3.46. The van der Waals surface area contributed by atoms with Gasteiger partial charge in [-0.3, -0.25) is 0 Å². The van der Waals surface area contributed by atoms with Crippen LogP contribution >= 0.6 is 0 Å². The van der Waals surface area contributed by atoms with E-state index in [0.29, 0.717) is 0 Å². The van der Waals surface area contributed by atoms with Gasteiger partial charge in [0.15, 0.2) is 0 Å². The highest BCUT2D eigenvalue weighted by molar-refractivity contribution is 5.61. The van der Waals surface area contributed by atoms with Gasteiger partial charge < -0.3 is 19.3 Å². The summed E-state index contributed by atoms with van der Waals surface area (Å²) in [6, 6.07) is 16.1. The average molecular weight is 282 g/mol. The summed E-state index contributed by atoms with van der Waals surface area (Å²) in [6.07, 6.45) is 4.13. The first-order chi connectivity index (χ1) is 10.3. The predicted molar refractivity (Wildman–Crippen MR) is 85.0 cm³/mol. The Kier molecular flexibility index (Phi) is 3.69. The van der Waals surface area contributed by atoms with Gasteiger partial charge in [0.25, 0.3) is 0 Å². The molecule has 0 atom stereocenters. The van der Waals surface area contributed by atoms with Gasteiger partial charge in [-0.05, 0) is 24.3 Å². The number of rotatable bonds is 4. The summed E-state index contributed by atoms with van der Waals surface area (Å²) in [7, 11) is 3.36. The van der Waals surface area contributed by atoms with E-state index in [9.17, 15) is 0 Å². The highest BCUT2D eigenvalue weighted by Gasteiger charge is 2.16. The second-order valence-corrected chi connectivity index (χ2v) is 4.78. The number of methoxy groups -OCH3 is 2. The minimum atomic E-state index is 0.764. The Hall–Kier alpha value is -2.62. The molecule has 0 aliphatic carbocycles. The standard InChI is InChI=1S/C17H18N2O2/c1-20-16-7-3-5-14(11-16)18-9-10-19(13-18)15-6-4-8-17(12-15)21-2/h3-12H,13H2,1-2H3. The van der Waals surface area contributed by atoms with E-state index in [2.05, 4.69) is 34.3 Å². The fraction of sp³-hybridized carbons (Fsp3) is 0.176. The van der Waals surface area contributed by atoms with Crippen molar-refractivity contribution in [2.45, 2.75) is 0 Å². The monoisotopic (exact) mass is 282 g/mol. The van der Waals surface area contributed by atoms with Crippen LogP contribution in [0.1, 0.15) is 0 Å². The van der Waals surface area contributed by atoms with Crippen molar-refractivity contribution in [1.29, 1.82) is 0 Å². The van der Waals surface area contributed by atoms with Crippen molar-refractivity contribution in [3.63, 3.8) is 0 Å². The molecule has 0 saturated carbocycles. The number of benzene rings is 2. The molecule has 2 aromatic carbocycles. The van der Waals surface area contributed by atoms with Crippen LogP contribution in [0.25, 0.3) is 0 Å². The molecule has 0 saturated heterocycles. The molecule has 0 N–H and O–H groups in total. The molecule has 108 valence electrons. The van der Waals surface area contributed by atoms with Crippen LogP contribution in [0.2, 0.25) is 0 Å². The SMILES string of the molecule is COc1cccc(N2C=CN(c3cccc(OC)c3)C2)c1. The molecule has 1 aliphatic rings. The van der Waals surface area contributed by atoms with Crippen molar-refractivity contribution in [3.05, 3.63) is 60.9 Å². The topological polar surface area (TPSA) is 24.9 Å². The lowest BCUT2D eigenvalue weighted by molar-refractivity contribution is 0.415. The lowest BCUT2D eigenvalue weighted by atomic mass is 10.3. The van der Waals surface area contributed by atoms with Crippen LogP contribution in [0.5, 0.6) is 11.5 Å². The second kappa shape index (κ2) is 5.79. The third-order valence-corrected chi connectivity index (χ3v) is 3.50. The molecule has 0 radical (unpaired) electrons. The zero-order valence-corrected chi connectivity index (χ0v) is 12.2. The molecule has 0 unspecified atom stereocenters. The van der Waals surface area contributed by atoms with E-state index in [1.807, 2.05) is 36.4 Å². The van der Waals surface area contributed by atoms with Gasteiger partial charge in [0.2, 0.25) is 0 Å². The molecule has 1 heterocycles. The van der Waals surface area contributed by atoms with Gasteiger partial charge in [-0.2, -0.15) is 0 Å². The van der Waals surface area contributed by atoms with E-state index in [1.54, 1.807) is 14.2 Å². The fourth-order valence-electron chi connectivity index (χ4n) is 2.33. The summed E-state index contributed by atoms with van der Waals surface area (Å²) in [6.45, 7) is 0.764. The van der Waals surface area contributed by atoms with Crippen molar-refractivity contribution in [3.8, 4) is 11.5 Å². The minimum Gasteiger partial charge on any atom is -0.497 e. The van der Waals surface area contributed by atoms with Gasteiger partial charge in [-0.15, -0.1) is 0 Å². The van der Waals surface area contributed by atoms with Crippen LogP contribution in [0.4, 0.5) is 11.4 Å². The number of nitrogens with zero attached hydrogens (tertiary/aromatic N) is 2. The van der Waals surface area contributed by atoms with E-state index in [-0.39, 0.29) is 0 Å². The molecule has 0 fully saturated rings. The summed E-state index contributed by atoms with van der Waals surface area (Å²) >= 11 is 0. The van der Waals surface area contributed by atoms with E-state index >= 15 is 0 Å². The molecule has 0 spiro atoms. The average Bonchev–Trinajstić information content (AvgIpc) is 3.05. The zero-order valence-electron chi connectivity index (χ0n) is 12.2. The Morgan fingerprint density at radius 3 is 1.67 bits per heavy atom. The first-order valence-corrected chi connectivity index (χ1v) is 6.80. The molecule has 0 bridgehead atoms. The third kappa shape index (κ3) is 2.79. The third-order valence-electron chi connectivity index (χ3n) is 3.50. The summed E-state index contributed by atoms with van der Waals surface area (Å²) < 4.78 is 10.6. The number of anilines is 2. The molecule has 1 aliphatic heterocycles. The molecule has 2 aromatic rings. The van der Waals surface area contributed by atoms with E-state index in [4.69, 9.17) is 9.47 Å². The molecule has 4 nitrogen and oxygen atoms in total. The van der Waals surface area contributed by atoms with Crippen molar-refractivity contribution < 1.29 is 9.47 Å². The van der Waals surface area contributed by atoms with Crippen molar-refractivity contribution in [1.82, 2.24) is 0 Å². The highest BCUT2D eigenvalue weighted by atomic mass is 16.5.